The molecule has 0 aliphatic carbocycles. The lowest BCUT2D eigenvalue weighted by Crippen LogP contribution is -2.39. The van der Waals surface area contributed by atoms with Gasteiger partial charge in [-0.05, 0) is 37.1 Å². The van der Waals surface area contributed by atoms with Crippen LogP contribution < -0.4 is 10.0 Å². The minimum absolute atomic E-state index is 0.0974. The van der Waals surface area contributed by atoms with E-state index >= 15 is 0 Å². The highest BCUT2D eigenvalue weighted by atomic mass is 32.2. The van der Waals surface area contributed by atoms with Gasteiger partial charge in [-0.2, -0.15) is 12.7 Å². The van der Waals surface area contributed by atoms with Gasteiger partial charge in [0, 0.05) is 30.9 Å². The molecule has 0 unspecified atom stereocenters. The Morgan fingerprint density at radius 2 is 1.90 bits per heavy atom. The number of halogens is 2. The van der Waals surface area contributed by atoms with Crippen LogP contribution in [0.5, 0.6) is 0 Å². The van der Waals surface area contributed by atoms with Gasteiger partial charge < -0.3 is 10.3 Å². The van der Waals surface area contributed by atoms with Gasteiger partial charge >= 0.3 is 10.2 Å². The number of carbonyl (C=O) groups is 1. The molecular weight excluding hydrogens is 416 g/mol. The summed E-state index contributed by atoms with van der Waals surface area (Å²) in [5.41, 5.74) is -0.525. The van der Waals surface area contributed by atoms with Crippen LogP contribution >= 0.6 is 0 Å². The third-order valence-corrected chi connectivity index (χ3v) is 6.41. The van der Waals surface area contributed by atoms with Crippen LogP contribution in [0.4, 0.5) is 20.2 Å². The summed E-state index contributed by atoms with van der Waals surface area (Å²) in [5, 5.41) is 2.83. The molecule has 3 aromatic rings. The van der Waals surface area contributed by atoms with Crippen molar-refractivity contribution >= 4 is 38.5 Å². The van der Waals surface area contributed by atoms with E-state index in [2.05, 4.69) is 20.0 Å². The Balaban J connectivity index is 1.58. The summed E-state index contributed by atoms with van der Waals surface area (Å²) < 4.78 is 57.5. The summed E-state index contributed by atoms with van der Waals surface area (Å²) in [4.78, 5) is 19.4. The second kappa shape index (κ2) is 8.00. The Hall–Kier alpha value is -3.05. The highest BCUT2D eigenvalue weighted by Crippen LogP contribution is 2.28. The largest absolute Gasteiger partial charge is 0.346 e. The number of H-pyrrole nitrogens is 1. The fourth-order valence-corrected chi connectivity index (χ4v) is 4.61. The topological polar surface area (TPSA) is 107 Å². The fourth-order valence-electron chi connectivity index (χ4n) is 3.30. The van der Waals surface area contributed by atoms with Crippen molar-refractivity contribution in [1.29, 1.82) is 0 Å². The summed E-state index contributed by atoms with van der Waals surface area (Å²) in [7, 11) is -3.99. The molecule has 30 heavy (non-hydrogen) atoms. The Morgan fingerprint density at radius 3 is 2.67 bits per heavy atom. The Kier molecular flexibility index (Phi) is 5.39. The summed E-state index contributed by atoms with van der Waals surface area (Å²) in [5.74, 6) is -3.02. The van der Waals surface area contributed by atoms with Gasteiger partial charge in [-0.1, -0.05) is 6.42 Å². The van der Waals surface area contributed by atoms with Crippen molar-refractivity contribution in [3.63, 3.8) is 0 Å². The van der Waals surface area contributed by atoms with Crippen molar-refractivity contribution in [2.24, 2.45) is 0 Å². The van der Waals surface area contributed by atoms with Crippen LogP contribution in [-0.2, 0) is 10.2 Å². The lowest BCUT2D eigenvalue weighted by molar-refractivity contribution is 0.102. The van der Waals surface area contributed by atoms with Crippen LogP contribution in [-0.4, -0.2) is 41.7 Å². The standard InChI is InChI=1S/C19H19F2N5O3S/c20-14-4-5-15(25-30(28,29)26-8-2-1-3-9-26)16(21)17(14)24-19(27)13-10-12-6-7-22-18(12)23-11-13/h4-7,10-11,25H,1-3,8-9H2,(H,22,23)(H,24,27). The minimum atomic E-state index is -3.99. The maximum Gasteiger partial charge on any atom is 0.301 e. The van der Waals surface area contributed by atoms with E-state index in [4.69, 9.17) is 0 Å². The first-order valence-corrected chi connectivity index (χ1v) is 10.8. The number of aromatic nitrogens is 2. The molecule has 1 saturated heterocycles. The third kappa shape index (κ3) is 3.98. The maximum atomic E-state index is 14.9. The van der Waals surface area contributed by atoms with E-state index in [1.807, 2.05) is 0 Å². The molecule has 1 aliphatic rings. The predicted octanol–water partition coefficient (Wildman–Crippen LogP) is 3.24. The number of hydrogen-bond donors (Lipinski definition) is 3. The molecule has 0 radical (unpaired) electrons. The Labute approximate surface area is 171 Å². The van der Waals surface area contributed by atoms with Gasteiger partial charge in [0.15, 0.2) is 5.82 Å². The van der Waals surface area contributed by atoms with E-state index in [-0.39, 0.29) is 5.56 Å². The number of nitrogens with one attached hydrogen (secondary N) is 3. The number of carbonyl (C=O) groups excluding carboxylic acids is 1. The zero-order valence-electron chi connectivity index (χ0n) is 15.8. The van der Waals surface area contributed by atoms with E-state index in [0.29, 0.717) is 37.0 Å². The van der Waals surface area contributed by atoms with Gasteiger partial charge in [-0.15, -0.1) is 0 Å². The molecule has 8 nitrogen and oxygen atoms in total. The van der Waals surface area contributed by atoms with Crippen molar-refractivity contribution in [2.45, 2.75) is 19.3 Å². The van der Waals surface area contributed by atoms with Crippen LogP contribution in [0.15, 0.2) is 36.7 Å². The molecule has 4 rings (SSSR count). The molecule has 1 aliphatic heterocycles. The molecule has 0 bridgehead atoms. The van der Waals surface area contributed by atoms with Crippen LogP contribution in [0.25, 0.3) is 11.0 Å². The lowest BCUT2D eigenvalue weighted by atomic mass is 10.2. The molecular formula is C19H19F2N5O3S. The van der Waals surface area contributed by atoms with Crippen molar-refractivity contribution < 1.29 is 22.0 Å². The number of fused-ring (bicyclic) bond motifs is 1. The number of aromatic amines is 1. The van der Waals surface area contributed by atoms with Crippen LogP contribution in [0, 0.1) is 11.6 Å². The van der Waals surface area contributed by atoms with E-state index in [1.54, 1.807) is 12.3 Å². The van der Waals surface area contributed by atoms with Gasteiger partial charge in [0.2, 0.25) is 0 Å². The predicted molar refractivity (Wildman–Crippen MR) is 108 cm³/mol. The molecule has 2 aromatic heterocycles. The number of hydrogen-bond acceptors (Lipinski definition) is 4. The second-order valence-corrected chi connectivity index (χ2v) is 8.62. The Morgan fingerprint density at radius 1 is 1.13 bits per heavy atom. The third-order valence-electron chi connectivity index (χ3n) is 4.89. The van der Waals surface area contributed by atoms with E-state index in [9.17, 15) is 22.0 Å². The van der Waals surface area contributed by atoms with Gasteiger partial charge in [0.05, 0.1) is 11.3 Å². The molecule has 3 N–H and O–H groups in total. The van der Waals surface area contributed by atoms with E-state index < -0.39 is 39.1 Å². The second-order valence-electron chi connectivity index (χ2n) is 6.94. The van der Waals surface area contributed by atoms with Gasteiger partial charge in [-0.25, -0.2) is 13.8 Å². The molecule has 1 fully saturated rings. The number of amides is 1. The smallest absolute Gasteiger partial charge is 0.301 e. The van der Waals surface area contributed by atoms with E-state index in [0.717, 1.165) is 18.6 Å². The maximum absolute atomic E-state index is 14.9. The molecule has 0 atom stereocenters. The monoisotopic (exact) mass is 435 g/mol. The zero-order valence-corrected chi connectivity index (χ0v) is 16.6. The van der Waals surface area contributed by atoms with Gasteiger partial charge in [0.25, 0.3) is 5.91 Å². The average Bonchev–Trinajstić information content (AvgIpc) is 3.21. The normalized spacial score (nSPS) is 15.3. The van der Waals surface area contributed by atoms with Crippen molar-refractivity contribution in [2.75, 3.05) is 23.1 Å². The number of rotatable bonds is 5. The van der Waals surface area contributed by atoms with Crippen molar-refractivity contribution in [1.82, 2.24) is 14.3 Å². The summed E-state index contributed by atoms with van der Waals surface area (Å²) >= 11 is 0. The van der Waals surface area contributed by atoms with Crippen LogP contribution in [0.3, 0.4) is 0 Å². The first kappa shape index (κ1) is 20.2. The molecule has 0 spiro atoms. The quantitative estimate of drug-likeness (QED) is 0.572. The van der Waals surface area contributed by atoms with Crippen LogP contribution in [0.2, 0.25) is 0 Å². The first-order valence-electron chi connectivity index (χ1n) is 9.35. The number of nitrogens with zero attached hydrogens (tertiary/aromatic N) is 2. The highest BCUT2D eigenvalue weighted by molar-refractivity contribution is 7.90. The van der Waals surface area contributed by atoms with Crippen molar-refractivity contribution in [3.8, 4) is 0 Å². The number of anilines is 2. The van der Waals surface area contributed by atoms with Gasteiger partial charge in [-0.3, -0.25) is 9.52 Å². The highest BCUT2D eigenvalue weighted by Gasteiger charge is 2.26. The zero-order chi connectivity index (χ0) is 21.3. The molecule has 11 heteroatoms. The molecule has 1 amide bonds. The lowest BCUT2D eigenvalue weighted by Gasteiger charge is -2.26. The minimum Gasteiger partial charge on any atom is -0.346 e. The summed E-state index contributed by atoms with van der Waals surface area (Å²) in [6.45, 7) is 0.659. The molecule has 3 heterocycles. The van der Waals surface area contributed by atoms with Crippen LogP contribution in [0.1, 0.15) is 29.6 Å². The van der Waals surface area contributed by atoms with E-state index in [1.165, 1.54) is 16.6 Å². The molecule has 0 saturated carbocycles. The number of pyridine rings is 1. The molecule has 1 aromatic carbocycles. The summed E-state index contributed by atoms with van der Waals surface area (Å²) in [6.07, 6.45) is 5.28. The number of piperidine rings is 1. The molecule has 158 valence electrons. The first-order chi connectivity index (χ1) is 14.3. The van der Waals surface area contributed by atoms with Gasteiger partial charge in [0.1, 0.15) is 17.2 Å². The summed E-state index contributed by atoms with van der Waals surface area (Å²) in [6, 6.07) is 5.10. The Bertz CT molecular complexity index is 1210. The average molecular weight is 435 g/mol. The number of benzene rings is 1. The SMILES string of the molecule is O=C(Nc1c(F)ccc(NS(=O)(=O)N2CCCCC2)c1F)c1cnc2[nH]ccc2c1. The van der Waals surface area contributed by atoms with Crippen molar-refractivity contribution in [3.05, 3.63) is 53.9 Å². The fraction of sp³-hybridized carbons (Fsp3) is 0.263.